The van der Waals surface area contributed by atoms with Crippen LogP contribution in [0.3, 0.4) is 0 Å². The van der Waals surface area contributed by atoms with Crippen molar-refractivity contribution >= 4 is 12.0 Å². The minimum absolute atomic E-state index is 0.00895. The lowest BCUT2D eigenvalue weighted by molar-refractivity contribution is -0.264. The Morgan fingerprint density at radius 2 is 2.07 bits per heavy atom. The van der Waals surface area contributed by atoms with Crippen LogP contribution < -0.4 is 5.11 Å². The number of carbonyl (C=O) groups is 2. The number of rotatable bonds is 4. The molecule has 7 nitrogen and oxygen atoms in total. The fourth-order valence-electron chi connectivity index (χ4n) is 3.67. The molecule has 1 aromatic rings. The van der Waals surface area contributed by atoms with E-state index in [1.165, 1.54) is 12.0 Å². The Kier molecular flexibility index (Phi) is 5.02. The van der Waals surface area contributed by atoms with E-state index in [-0.39, 0.29) is 50.3 Å². The first kappa shape index (κ1) is 19.4. The molecule has 0 bridgehead atoms. The first-order valence-electron chi connectivity index (χ1n) is 8.44. The second-order valence-electron chi connectivity index (χ2n) is 7.03. The number of nitrogens with zero attached hydrogens (tertiary/aromatic N) is 3. The van der Waals surface area contributed by atoms with Gasteiger partial charge in [-0.15, -0.1) is 0 Å². The van der Waals surface area contributed by atoms with E-state index in [9.17, 15) is 27.9 Å². The fraction of sp³-hybridized carbons (Fsp3) is 0.588. The SMILES string of the molecule is COCC1(C(=O)N2CC(c3cc(C(F)(F)F)ccn3)C2)CCN(C(=O)[O-])C1. The lowest BCUT2D eigenvalue weighted by Crippen LogP contribution is -2.56. The van der Waals surface area contributed by atoms with Gasteiger partial charge in [-0.2, -0.15) is 13.2 Å². The number of likely N-dealkylation sites (tertiary alicyclic amines) is 2. The molecule has 10 heteroatoms. The lowest BCUT2D eigenvalue weighted by atomic mass is 9.83. The number of pyridine rings is 1. The van der Waals surface area contributed by atoms with Gasteiger partial charge in [0.05, 0.1) is 17.6 Å². The zero-order valence-corrected chi connectivity index (χ0v) is 14.7. The van der Waals surface area contributed by atoms with Crippen LogP contribution in [0.5, 0.6) is 0 Å². The molecule has 0 radical (unpaired) electrons. The van der Waals surface area contributed by atoms with Gasteiger partial charge in [0.1, 0.15) is 6.09 Å². The van der Waals surface area contributed by atoms with Crippen molar-refractivity contribution in [3.05, 3.63) is 29.6 Å². The molecule has 1 aromatic heterocycles. The highest BCUT2D eigenvalue weighted by molar-refractivity contribution is 5.85. The highest BCUT2D eigenvalue weighted by Gasteiger charge is 2.49. The van der Waals surface area contributed by atoms with Gasteiger partial charge < -0.3 is 24.4 Å². The maximum atomic E-state index is 12.9. The summed E-state index contributed by atoms with van der Waals surface area (Å²) >= 11 is 0. The van der Waals surface area contributed by atoms with Gasteiger partial charge in [0.15, 0.2) is 0 Å². The normalized spacial score (nSPS) is 23.4. The van der Waals surface area contributed by atoms with Gasteiger partial charge in [-0.05, 0) is 18.6 Å². The molecule has 2 aliphatic rings. The van der Waals surface area contributed by atoms with E-state index in [0.717, 1.165) is 23.2 Å². The number of methoxy groups -OCH3 is 1. The maximum absolute atomic E-state index is 12.9. The molecule has 2 amide bonds. The van der Waals surface area contributed by atoms with Gasteiger partial charge in [0, 0.05) is 51.1 Å². The van der Waals surface area contributed by atoms with Gasteiger partial charge in [0.25, 0.3) is 0 Å². The van der Waals surface area contributed by atoms with Crippen molar-refractivity contribution in [2.24, 2.45) is 5.41 Å². The van der Waals surface area contributed by atoms with Crippen LogP contribution in [0.15, 0.2) is 18.3 Å². The Balaban J connectivity index is 1.68. The fourth-order valence-corrected chi connectivity index (χ4v) is 3.67. The second-order valence-corrected chi connectivity index (χ2v) is 7.03. The predicted molar refractivity (Wildman–Crippen MR) is 84.5 cm³/mol. The van der Waals surface area contributed by atoms with Crippen LogP contribution in [0, 0.1) is 5.41 Å². The van der Waals surface area contributed by atoms with E-state index in [2.05, 4.69) is 4.98 Å². The maximum Gasteiger partial charge on any atom is 0.416 e. The number of hydrogen-bond donors (Lipinski definition) is 0. The monoisotopic (exact) mass is 386 g/mol. The Bertz CT molecular complexity index is 736. The summed E-state index contributed by atoms with van der Waals surface area (Å²) in [6.07, 6.45) is -4.35. The molecule has 148 valence electrons. The van der Waals surface area contributed by atoms with Gasteiger partial charge in [-0.1, -0.05) is 0 Å². The predicted octanol–water partition coefficient (Wildman–Crippen LogP) is 0.708. The number of carbonyl (C=O) groups excluding carboxylic acids is 2. The quantitative estimate of drug-likeness (QED) is 0.761. The topological polar surface area (TPSA) is 85.8 Å². The molecule has 0 aliphatic carbocycles. The lowest BCUT2D eigenvalue weighted by Gasteiger charge is -2.43. The molecule has 2 saturated heterocycles. The summed E-state index contributed by atoms with van der Waals surface area (Å²) in [5, 5.41) is 11.1. The van der Waals surface area contributed by atoms with Crippen molar-refractivity contribution in [2.45, 2.75) is 18.5 Å². The standard InChI is InChI=1S/C17H20F3N3O4/c1-27-10-16(3-5-22(9-16)15(25)26)14(24)23-7-11(8-23)13-6-12(2-4-21-13)17(18,19)20/h2,4,6,11H,3,5,7-10H2,1H3,(H,25,26)/p-1. The summed E-state index contributed by atoms with van der Waals surface area (Å²) in [6.45, 7) is 0.724. The van der Waals surface area contributed by atoms with E-state index < -0.39 is 23.2 Å². The van der Waals surface area contributed by atoms with Crippen LogP contribution in [-0.4, -0.2) is 66.7 Å². The third-order valence-corrected chi connectivity index (χ3v) is 5.18. The first-order chi connectivity index (χ1) is 12.7. The van der Waals surface area contributed by atoms with Crippen molar-refractivity contribution in [1.82, 2.24) is 14.8 Å². The third kappa shape index (κ3) is 3.71. The van der Waals surface area contributed by atoms with Gasteiger partial charge in [-0.25, -0.2) is 0 Å². The van der Waals surface area contributed by atoms with Gasteiger partial charge in [-0.3, -0.25) is 9.78 Å². The molecular weight excluding hydrogens is 367 g/mol. The van der Waals surface area contributed by atoms with Crippen molar-refractivity contribution in [3.8, 4) is 0 Å². The van der Waals surface area contributed by atoms with E-state index in [4.69, 9.17) is 4.74 Å². The van der Waals surface area contributed by atoms with Crippen molar-refractivity contribution in [1.29, 1.82) is 0 Å². The van der Waals surface area contributed by atoms with Crippen LogP contribution in [0.2, 0.25) is 0 Å². The molecule has 0 spiro atoms. The summed E-state index contributed by atoms with van der Waals surface area (Å²) in [5.41, 5.74) is -1.47. The van der Waals surface area contributed by atoms with Gasteiger partial charge >= 0.3 is 6.18 Å². The van der Waals surface area contributed by atoms with Crippen molar-refractivity contribution < 1.29 is 32.6 Å². The molecule has 2 fully saturated rings. The zero-order chi connectivity index (χ0) is 19.8. The molecule has 0 N–H and O–H groups in total. The molecule has 0 saturated carbocycles. The van der Waals surface area contributed by atoms with Gasteiger partial charge in [0.2, 0.25) is 5.91 Å². The summed E-state index contributed by atoms with van der Waals surface area (Å²) in [5.74, 6) is -0.536. The average Bonchev–Trinajstić information content (AvgIpc) is 2.99. The summed E-state index contributed by atoms with van der Waals surface area (Å²) in [7, 11) is 1.43. The molecule has 0 aromatic carbocycles. The van der Waals surface area contributed by atoms with Crippen LogP contribution in [-0.2, 0) is 15.7 Å². The van der Waals surface area contributed by atoms with Crippen molar-refractivity contribution in [3.63, 3.8) is 0 Å². The van der Waals surface area contributed by atoms with E-state index in [0.29, 0.717) is 6.42 Å². The number of amides is 2. The third-order valence-electron chi connectivity index (χ3n) is 5.18. The van der Waals surface area contributed by atoms with E-state index in [1.807, 2.05) is 0 Å². The summed E-state index contributed by atoms with van der Waals surface area (Å²) in [4.78, 5) is 30.6. The minimum atomic E-state index is -4.45. The summed E-state index contributed by atoms with van der Waals surface area (Å²) in [6, 6.07) is 1.91. The number of halogens is 3. The zero-order valence-electron chi connectivity index (χ0n) is 14.7. The largest absolute Gasteiger partial charge is 0.530 e. The van der Waals surface area contributed by atoms with E-state index in [1.54, 1.807) is 0 Å². The van der Waals surface area contributed by atoms with Crippen molar-refractivity contribution in [2.75, 3.05) is 39.9 Å². The molecule has 3 heterocycles. The Hall–Kier alpha value is -2.36. The molecule has 1 unspecified atom stereocenters. The highest BCUT2D eigenvalue weighted by Crippen LogP contribution is 2.38. The highest BCUT2D eigenvalue weighted by atomic mass is 19.4. The number of hydrogen-bond acceptors (Lipinski definition) is 5. The van der Waals surface area contributed by atoms with Crippen LogP contribution >= 0.6 is 0 Å². The van der Waals surface area contributed by atoms with Crippen LogP contribution in [0.1, 0.15) is 23.6 Å². The van der Waals surface area contributed by atoms with Crippen LogP contribution in [0.4, 0.5) is 18.0 Å². The summed E-state index contributed by atoms with van der Waals surface area (Å²) < 4.78 is 43.6. The first-order valence-corrected chi connectivity index (χ1v) is 8.44. The second kappa shape index (κ2) is 6.99. The molecule has 2 aliphatic heterocycles. The number of aromatic nitrogens is 1. The molecule has 27 heavy (non-hydrogen) atoms. The number of alkyl halides is 3. The Labute approximate surface area is 153 Å². The number of carboxylic acid groups (broad SMARTS) is 1. The minimum Gasteiger partial charge on any atom is -0.530 e. The molecule has 1 atom stereocenters. The average molecular weight is 386 g/mol. The van der Waals surface area contributed by atoms with Crippen LogP contribution in [0.25, 0.3) is 0 Å². The van der Waals surface area contributed by atoms with E-state index >= 15 is 0 Å². The smallest absolute Gasteiger partial charge is 0.416 e. The number of ether oxygens (including phenoxy) is 1. The molecular formula is C17H19F3N3O4-. The molecule has 3 rings (SSSR count). The Morgan fingerprint density at radius 3 is 2.63 bits per heavy atom. The Morgan fingerprint density at radius 1 is 1.37 bits per heavy atom.